The first-order valence-corrected chi connectivity index (χ1v) is 8.43. The highest BCUT2D eigenvalue weighted by Crippen LogP contribution is 2.26. The first-order chi connectivity index (χ1) is 11.6. The molecule has 7 nitrogen and oxygen atoms in total. The summed E-state index contributed by atoms with van der Waals surface area (Å²) < 4.78 is 5.69. The Morgan fingerprint density at radius 1 is 1.33 bits per heavy atom. The maximum atomic E-state index is 11.4. The third-order valence-corrected chi connectivity index (χ3v) is 4.61. The van der Waals surface area contributed by atoms with Gasteiger partial charge in [-0.25, -0.2) is 0 Å². The van der Waals surface area contributed by atoms with Crippen LogP contribution in [0.4, 0.5) is 0 Å². The second-order valence-corrected chi connectivity index (χ2v) is 6.26. The minimum atomic E-state index is 0.106. The first-order valence-electron chi connectivity index (χ1n) is 8.02. The van der Waals surface area contributed by atoms with Gasteiger partial charge in [0.15, 0.2) is 5.11 Å². The van der Waals surface area contributed by atoms with Crippen LogP contribution in [-0.2, 0) is 4.79 Å². The van der Waals surface area contributed by atoms with Gasteiger partial charge in [0.25, 0.3) is 0 Å². The van der Waals surface area contributed by atoms with Crippen molar-refractivity contribution in [3.05, 3.63) is 23.5 Å². The van der Waals surface area contributed by atoms with Gasteiger partial charge < -0.3 is 14.5 Å². The number of pyridine rings is 1. The van der Waals surface area contributed by atoms with Gasteiger partial charge >= 0.3 is 0 Å². The monoisotopic (exact) mass is 347 g/mol. The number of carbonyl (C=O) groups is 1. The number of carbonyl (C=O) groups excluding carboxylic acids is 1. The standard InChI is InChI=1S/C16H21N5O2S/c1-11-3-5-17-14-13(4-10-23-15(11)14)18-19-16(24)21-8-6-20(7-9-21)12(2)22/h3,5H,4,6-10H2,1-2H3,(H,19,24)/b18-13-. The summed E-state index contributed by atoms with van der Waals surface area (Å²) in [6, 6.07) is 1.92. The molecule has 0 atom stereocenters. The molecule has 8 heteroatoms. The Bertz CT molecular complexity index is 683. The van der Waals surface area contributed by atoms with Crippen molar-refractivity contribution in [1.29, 1.82) is 0 Å². The number of aryl methyl sites for hydroxylation is 1. The molecule has 0 saturated carbocycles. The number of fused-ring (bicyclic) bond motifs is 1. The van der Waals surface area contributed by atoms with Crippen molar-refractivity contribution in [2.45, 2.75) is 20.3 Å². The number of hydrazone groups is 1. The lowest BCUT2D eigenvalue weighted by atomic mass is 10.1. The molecule has 1 N–H and O–H groups in total. The fourth-order valence-electron chi connectivity index (χ4n) is 2.82. The molecule has 3 rings (SSSR count). The Hall–Kier alpha value is -2.22. The molecule has 3 heterocycles. The third-order valence-electron chi connectivity index (χ3n) is 4.26. The molecule has 0 aliphatic carbocycles. The van der Waals surface area contributed by atoms with Gasteiger partial charge in [0, 0.05) is 45.7 Å². The molecular formula is C16H21N5O2S. The Morgan fingerprint density at radius 2 is 2.04 bits per heavy atom. The lowest BCUT2D eigenvalue weighted by molar-refractivity contribution is -0.130. The Kier molecular flexibility index (Phi) is 4.94. The number of ether oxygens (including phenoxy) is 1. The maximum Gasteiger partial charge on any atom is 0.219 e. The molecule has 128 valence electrons. The van der Waals surface area contributed by atoms with E-state index in [1.165, 1.54) is 0 Å². The molecule has 1 fully saturated rings. The van der Waals surface area contributed by atoms with E-state index in [4.69, 9.17) is 17.0 Å². The van der Waals surface area contributed by atoms with E-state index in [-0.39, 0.29) is 5.91 Å². The van der Waals surface area contributed by atoms with Crippen LogP contribution < -0.4 is 10.2 Å². The highest BCUT2D eigenvalue weighted by molar-refractivity contribution is 7.80. The molecule has 0 spiro atoms. The molecule has 1 amide bonds. The van der Waals surface area contributed by atoms with E-state index < -0.39 is 0 Å². The van der Waals surface area contributed by atoms with E-state index in [0.717, 1.165) is 22.7 Å². The van der Waals surface area contributed by atoms with Crippen molar-refractivity contribution in [3.8, 4) is 5.75 Å². The topological polar surface area (TPSA) is 70.1 Å². The number of nitrogens with one attached hydrogen (secondary N) is 1. The summed E-state index contributed by atoms with van der Waals surface area (Å²) >= 11 is 5.42. The fraction of sp³-hybridized carbons (Fsp3) is 0.500. The van der Waals surface area contributed by atoms with Gasteiger partial charge in [-0.1, -0.05) is 0 Å². The average Bonchev–Trinajstić information content (AvgIpc) is 2.60. The van der Waals surface area contributed by atoms with Crippen molar-refractivity contribution in [2.24, 2.45) is 5.10 Å². The highest BCUT2D eigenvalue weighted by atomic mass is 32.1. The van der Waals surface area contributed by atoms with E-state index in [1.807, 2.05) is 22.8 Å². The number of thiocarbonyl (C=S) groups is 1. The first kappa shape index (κ1) is 16.6. The molecule has 0 unspecified atom stereocenters. The molecule has 1 aromatic rings. The number of hydrogen-bond donors (Lipinski definition) is 1. The number of piperazine rings is 1. The van der Waals surface area contributed by atoms with Crippen molar-refractivity contribution in [3.63, 3.8) is 0 Å². The van der Waals surface area contributed by atoms with Crippen LogP contribution in [0.25, 0.3) is 0 Å². The largest absolute Gasteiger partial charge is 0.491 e. The zero-order valence-corrected chi connectivity index (χ0v) is 14.7. The molecule has 1 aromatic heterocycles. The zero-order chi connectivity index (χ0) is 17.1. The summed E-state index contributed by atoms with van der Waals surface area (Å²) in [6.45, 7) is 6.98. The lowest BCUT2D eigenvalue weighted by Crippen LogP contribution is -2.52. The van der Waals surface area contributed by atoms with Crippen LogP contribution >= 0.6 is 12.2 Å². The van der Waals surface area contributed by atoms with Crippen molar-refractivity contribution >= 4 is 28.9 Å². The van der Waals surface area contributed by atoms with Crippen molar-refractivity contribution in [1.82, 2.24) is 20.2 Å². The van der Waals surface area contributed by atoms with E-state index >= 15 is 0 Å². The molecule has 0 radical (unpaired) electrons. The number of rotatable bonds is 1. The molecule has 0 bridgehead atoms. The lowest BCUT2D eigenvalue weighted by Gasteiger charge is -2.35. The van der Waals surface area contributed by atoms with Gasteiger partial charge in [0.05, 0.1) is 12.3 Å². The summed E-state index contributed by atoms with van der Waals surface area (Å²) in [7, 11) is 0. The van der Waals surface area contributed by atoms with Crippen LogP contribution in [0, 0.1) is 6.92 Å². The summed E-state index contributed by atoms with van der Waals surface area (Å²) in [6.07, 6.45) is 2.45. The SMILES string of the molecule is CC(=O)N1CCN(C(=S)N/N=C2/CCOc3c(C)ccnc32)CC1. The smallest absolute Gasteiger partial charge is 0.219 e. The van der Waals surface area contributed by atoms with Crippen molar-refractivity contribution < 1.29 is 9.53 Å². The summed E-state index contributed by atoms with van der Waals surface area (Å²) in [4.78, 5) is 19.6. The van der Waals surface area contributed by atoms with Gasteiger partial charge in [0.2, 0.25) is 5.91 Å². The van der Waals surface area contributed by atoms with Gasteiger partial charge in [-0.3, -0.25) is 15.2 Å². The second kappa shape index (κ2) is 7.12. The predicted molar refractivity (Wildman–Crippen MR) is 95.2 cm³/mol. The molecule has 1 saturated heterocycles. The zero-order valence-electron chi connectivity index (χ0n) is 13.9. The molecule has 24 heavy (non-hydrogen) atoms. The van der Waals surface area contributed by atoms with Gasteiger partial charge in [0.1, 0.15) is 11.4 Å². The summed E-state index contributed by atoms with van der Waals surface area (Å²) in [5, 5.41) is 5.03. The predicted octanol–water partition coefficient (Wildman–Crippen LogP) is 0.915. The van der Waals surface area contributed by atoms with Crippen molar-refractivity contribution in [2.75, 3.05) is 32.8 Å². The summed E-state index contributed by atoms with van der Waals surface area (Å²) in [5.41, 5.74) is 5.65. The quantitative estimate of drug-likeness (QED) is 0.602. The van der Waals surface area contributed by atoms with Gasteiger partial charge in [-0.15, -0.1) is 0 Å². The van der Waals surface area contributed by atoms with Crippen LogP contribution in [0.15, 0.2) is 17.4 Å². The van der Waals surface area contributed by atoms with Crippen LogP contribution in [0.3, 0.4) is 0 Å². The third kappa shape index (κ3) is 3.48. The minimum Gasteiger partial charge on any atom is -0.491 e. The van der Waals surface area contributed by atoms with E-state index in [1.54, 1.807) is 13.1 Å². The van der Waals surface area contributed by atoms with Gasteiger partial charge in [-0.05, 0) is 30.8 Å². The van der Waals surface area contributed by atoms with Crippen LogP contribution in [0.5, 0.6) is 5.75 Å². The summed E-state index contributed by atoms with van der Waals surface area (Å²) in [5.74, 6) is 0.902. The number of nitrogens with zero attached hydrogens (tertiary/aromatic N) is 4. The average molecular weight is 347 g/mol. The molecule has 0 aromatic carbocycles. The molecule has 2 aliphatic rings. The normalized spacial score (nSPS) is 18.8. The Morgan fingerprint density at radius 3 is 2.75 bits per heavy atom. The Balaban J connectivity index is 1.64. The number of hydrogen-bond acceptors (Lipinski definition) is 5. The highest BCUT2D eigenvalue weighted by Gasteiger charge is 2.22. The van der Waals surface area contributed by atoms with E-state index in [9.17, 15) is 4.79 Å². The second-order valence-electron chi connectivity index (χ2n) is 5.87. The van der Waals surface area contributed by atoms with Gasteiger partial charge in [-0.2, -0.15) is 5.10 Å². The Labute approximate surface area is 146 Å². The maximum absolute atomic E-state index is 11.4. The molecule has 2 aliphatic heterocycles. The minimum absolute atomic E-state index is 0.106. The molecular weight excluding hydrogens is 326 g/mol. The number of aromatic nitrogens is 1. The van der Waals surface area contributed by atoms with Crippen LogP contribution in [0.2, 0.25) is 0 Å². The van der Waals surface area contributed by atoms with E-state index in [2.05, 4.69) is 15.5 Å². The fourth-order valence-corrected chi connectivity index (χ4v) is 3.05. The van der Waals surface area contributed by atoms with E-state index in [0.29, 0.717) is 44.3 Å². The van der Waals surface area contributed by atoms with Crippen LogP contribution in [0.1, 0.15) is 24.6 Å². The van der Waals surface area contributed by atoms with Crippen LogP contribution in [-0.4, -0.2) is 64.3 Å². The number of amides is 1.